The quantitative estimate of drug-likeness (QED) is 0.553. The molecule has 0 saturated carbocycles. The number of fused-ring (bicyclic) bond motifs is 1. The topological polar surface area (TPSA) is 83.6 Å². The number of hydrogen-bond donors (Lipinski definition) is 2. The third-order valence-electron chi connectivity index (χ3n) is 4.02. The van der Waals surface area contributed by atoms with Crippen LogP contribution in [0, 0.1) is 0 Å². The third kappa shape index (κ3) is 3.41. The molecular weight excluding hydrogens is 371 g/mol. The molecule has 1 amide bonds. The summed E-state index contributed by atoms with van der Waals surface area (Å²) in [5.41, 5.74) is 0.789. The number of hydrogen-bond acceptors (Lipinski definition) is 4. The van der Waals surface area contributed by atoms with Gasteiger partial charge in [0.25, 0.3) is 5.91 Å². The van der Waals surface area contributed by atoms with Gasteiger partial charge in [0.2, 0.25) is 0 Å². The van der Waals surface area contributed by atoms with Gasteiger partial charge in [-0.25, -0.2) is 9.97 Å². The Morgan fingerprint density at radius 2 is 1.93 bits per heavy atom. The normalized spacial score (nSPS) is 11.5. The minimum atomic E-state index is -4.46. The van der Waals surface area contributed by atoms with Crippen LogP contribution in [0.5, 0.6) is 0 Å². The van der Waals surface area contributed by atoms with Crippen molar-refractivity contribution in [2.75, 3.05) is 5.32 Å². The first-order chi connectivity index (χ1) is 13.4. The zero-order valence-corrected chi connectivity index (χ0v) is 14.2. The molecule has 1 aromatic carbocycles. The van der Waals surface area contributed by atoms with E-state index in [1.807, 2.05) is 0 Å². The summed E-state index contributed by atoms with van der Waals surface area (Å²) in [7, 11) is 0. The molecule has 0 saturated heterocycles. The Balaban J connectivity index is 1.73. The van der Waals surface area contributed by atoms with Crippen LogP contribution in [0.2, 0.25) is 0 Å². The Labute approximate surface area is 156 Å². The lowest BCUT2D eigenvalue weighted by atomic mass is 10.1. The van der Waals surface area contributed by atoms with Crippen molar-refractivity contribution in [2.24, 2.45) is 0 Å². The second-order valence-corrected chi connectivity index (χ2v) is 5.92. The first-order valence-electron chi connectivity index (χ1n) is 8.15. The molecule has 3 aromatic heterocycles. The Kier molecular flexibility index (Phi) is 4.26. The predicted octanol–water partition coefficient (Wildman–Crippen LogP) is 4.29. The number of pyridine rings is 2. The smallest absolute Gasteiger partial charge is 0.336 e. The maximum atomic E-state index is 13.0. The number of rotatable bonds is 3. The van der Waals surface area contributed by atoms with Crippen molar-refractivity contribution in [2.45, 2.75) is 6.18 Å². The molecule has 0 aliphatic heterocycles. The number of benzene rings is 1. The fourth-order valence-electron chi connectivity index (χ4n) is 2.71. The van der Waals surface area contributed by atoms with Crippen LogP contribution in [0.1, 0.15) is 15.9 Å². The molecule has 28 heavy (non-hydrogen) atoms. The minimum absolute atomic E-state index is 0.190. The van der Waals surface area contributed by atoms with Crippen molar-refractivity contribution in [1.82, 2.24) is 19.9 Å². The van der Waals surface area contributed by atoms with E-state index in [2.05, 4.69) is 25.3 Å². The van der Waals surface area contributed by atoms with Gasteiger partial charge >= 0.3 is 6.18 Å². The lowest BCUT2D eigenvalue weighted by Crippen LogP contribution is -2.12. The van der Waals surface area contributed by atoms with Crippen molar-refractivity contribution < 1.29 is 18.0 Å². The molecule has 6 nitrogen and oxygen atoms in total. The fourth-order valence-corrected chi connectivity index (χ4v) is 2.71. The maximum absolute atomic E-state index is 13.0. The summed E-state index contributed by atoms with van der Waals surface area (Å²) < 4.78 is 38.9. The highest BCUT2D eigenvalue weighted by molar-refractivity contribution is 6.11. The molecule has 0 aliphatic carbocycles. The molecule has 9 heteroatoms. The Bertz CT molecular complexity index is 1160. The Hall–Kier alpha value is -3.75. The number of anilines is 1. The van der Waals surface area contributed by atoms with E-state index in [1.165, 1.54) is 30.6 Å². The number of carbonyl (C=O) groups excluding carboxylic acids is 1. The van der Waals surface area contributed by atoms with Crippen molar-refractivity contribution in [3.8, 4) is 11.4 Å². The zero-order valence-electron chi connectivity index (χ0n) is 14.2. The number of carbonyl (C=O) groups is 1. The Morgan fingerprint density at radius 1 is 1.07 bits per heavy atom. The summed E-state index contributed by atoms with van der Waals surface area (Å²) in [5.74, 6) is -0.227. The first-order valence-corrected chi connectivity index (χ1v) is 8.15. The minimum Gasteiger partial charge on any atom is -0.336 e. The molecule has 0 unspecified atom stereocenters. The number of amides is 1. The average molecular weight is 383 g/mol. The molecule has 0 radical (unpaired) electrons. The van der Waals surface area contributed by atoms with E-state index in [-0.39, 0.29) is 22.6 Å². The van der Waals surface area contributed by atoms with E-state index >= 15 is 0 Å². The van der Waals surface area contributed by atoms with Crippen LogP contribution >= 0.6 is 0 Å². The standard InChI is InChI=1S/C19H12F3N5O/c20-19(21,22)12-4-1-3-11(9-12)16-26-15-14(6-8-24-17(15)27-16)18(28)25-13-5-2-7-23-10-13/h1-10H,(H,25,28)(H,24,26,27). The van der Waals surface area contributed by atoms with Crippen molar-refractivity contribution >= 4 is 22.8 Å². The number of alkyl halides is 3. The molecule has 4 rings (SSSR count). The van der Waals surface area contributed by atoms with Crippen LogP contribution in [0.25, 0.3) is 22.6 Å². The van der Waals surface area contributed by atoms with E-state index in [0.717, 1.165) is 12.1 Å². The molecule has 0 atom stereocenters. The van der Waals surface area contributed by atoms with Gasteiger partial charge < -0.3 is 10.3 Å². The van der Waals surface area contributed by atoms with Gasteiger partial charge in [-0.2, -0.15) is 13.2 Å². The molecule has 0 spiro atoms. The van der Waals surface area contributed by atoms with Gasteiger partial charge in [0.05, 0.1) is 28.5 Å². The van der Waals surface area contributed by atoms with Gasteiger partial charge in [0.15, 0.2) is 5.65 Å². The summed E-state index contributed by atoms with van der Waals surface area (Å²) in [6.45, 7) is 0. The van der Waals surface area contributed by atoms with Gasteiger partial charge in [-0.05, 0) is 30.3 Å². The van der Waals surface area contributed by atoms with Crippen molar-refractivity contribution in [1.29, 1.82) is 0 Å². The number of halogens is 3. The highest BCUT2D eigenvalue weighted by atomic mass is 19.4. The predicted molar refractivity (Wildman–Crippen MR) is 96.5 cm³/mol. The lowest BCUT2D eigenvalue weighted by molar-refractivity contribution is -0.137. The fraction of sp³-hybridized carbons (Fsp3) is 0.0526. The highest BCUT2D eigenvalue weighted by Crippen LogP contribution is 2.32. The summed E-state index contributed by atoms with van der Waals surface area (Å²) in [5, 5.41) is 2.70. The lowest BCUT2D eigenvalue weighted by Gasteiger charge is -2.07. The molecule has 3 heterocycles. The molecule has 4 aromatic rings. The summed E-state index contributed by atoms with van der Waals surface area (Å²) in [4.78, 5) is 27.8. The summed E-state index contributed by atoms with van der Waals surface area (Å²) in [6.07, 6.45) is 0.0279. The van der Waals surface area contributed by atoms with E-state index in [9.17, 15) is 18.0 Å². The van der Waals surface area contributed by atoms with E-state index < -0.39 is 17.6 Å². The average Bonchev–Trinajstić information content (AvgIpc) is 3.12. The van der Waals surface area contributed by atoms with Crippen LogP contribution in [-0.4, -0.2) is 25.8 Å². The van der Waals surface area contributed by atoms with Crippen LogP contribution in [0.3, 0.4) is 0 Å². The van der Waals surface area contributed by atoms with Crippen LogP contribution in [0.15, 0.2) is 61.1 Å². The molecule has 0 fully saturated rings. The summed E-state index contributed by atoms with van der Waals surface area (Å²) >= 11 is 0. The van der Waals surface area contributed by atoms with E-state index in [4.69, 9.17) is 0 Å². The van der Waals surface area contributed by atoms with E-state index in [1.54, 1.807) is 18.3 Å². The number of imidazole rings is 1. The monoisotopic (exact) mass is 383 g/mol. The van der Waals surface area contributed by atoms with Crippen LogP contribution in [0.4, 0.5) is 18.9 Å². The van der Waals surface area contributed by atoms with Gasteiger partial charge in [-0.1, -0.05) is 12.1 Å². The largest absolute Gasteiger partial charge is 0.416 e. The van der Waals surface area contributed by atoms with Gasteiger partial charge in [0.1, 0.15) is 5.82 Å². The van der Waals surface area contributed by atoms with E-state index in [0.29, 0.717) is 11.2 Å². The molecule has 0 aliphatic rings. The third-order valence-corrected chi connectivity index (χ3v) is 4.02. The number of aromatic nitrogens is 4. The van der Waals surface area contributed by atoms with Gasteiger partial charge in [-0.15, -0.1) is 0 Å². The summed E-state index contributed by atoms with van der Waals surface area (Å²) in [6, 6.07) is 9.65. The first kappa shape index (κ1) is 17.7. The zero-order chi connectivity index (χ0) is 19.7. The molecule has 0 bridgehead atoms. The highest BCUT2D eigenvalue weighted by Gasteiger charge is 2.30. The second kappa shape index (κ2) is 6.76. The maximum Gasteiger partial charge on any atom is 0.416 e. The SMILES string of the molecule is O=C(Nc1cccnc1)c1ccnc2nc(-c3cccc(C(F)(F)F)c3)[nH]c12. The molecule has 2 N–H and O–H groups in total. The number of nitrogens with zero attached hydrogens (tertiary/aromatic N) is 3. The number of aromatic amines is 1. The van der Waals surface area contributed by atoms with Crippen LogP contribution < -0.4 is 5.32 Å². The van der Waals surface area contributed by atoms with Crippen LogP contribution in [-0.2, 0) is 6.18 Å². The Morgan fingerprint density at radius 3 is 2.68 bits per heavy atom. The number of nitrogens with one attached hydrogen (secondary N) is 2. The van der Waals surface area contributed by atoms with Gasteiger partial charge in [0, 0.05) is 18.0 Å². The van der Waals surface area contributed by atoms with Crippen molar-refractivity contribution in [3.05, 3.63) is 72.2 Å². The number of H-pyrrole nitrogens is 1. The molecule has 140 valence electrons. The van der Waals surface area contributed by atoms with Gasteiger partial charge in [-0.3, -0.25) is 9.78 Å². The second-order valence-electron chi connectivity index (χ2n) is 5.92. The van der Waals surface area contributed by atoms with Crippen molar-refractivity contribution in [3.63, 3.8) is 0 Å². The molecular formula is C19H12F3N5O.